The summed E-state index contributed by atoms with van der Waals surface area (Å²) in [7, 11) is 0. The van der Waals surface area contributed by atoms with Crippen molar-refractivity contribution in [1.29, 1.82) is 0 Å². The van der Waals surface area contributed by atoms with Crippen LogP contribution in [0.3, 0.4) is 0 Å². The van der Waals surface area contributed by atoms with E-state index in [1.165, 1.54) is 19.3 Å². The molecule has 0 aromatic carbocycles. The van der Waals surface area contributed by atoms with Gasteiger partial charge < -0.3 is 11.1 Å². The number of nitrogens with one attached hydrogen (secondary N) is 1. The maximum Gasteiger partial charge on any atom is 0.129 e. The Morgan fingerprint density at radius 1 is 1.50 bits per heavy atom. The van der Waals surface area contributed by atoms with E-state index in [0.717, 1.165) is 17.1 Å². The summed E-state index contributed by atoms with van der Waals surface area (Å²) in [6, 6.07) is 2.50. The minimum atomic E-state index is 0.371. The SMILES string of the molecule is Cc1cc(N)cnc1NC1CCCC1(C)C. The summed E-state index contributed by atoms with van der Waals surface area (Å²) < 4.78 is 0. The summed E-state index contributed by atoms with van der Waals surface area (Å²) in [6.07, 6.45) is 5.55. The molecule has 1 aromatic heterocycles. The zero-order chi connectivity index (χ0) is 11.8. The van der Waals surface area contributed by atoms with Crippen molar-refractivity contribution in [3.8, 4) is 0 Å². The summed E-state index contributed by atoms with van der Waals surface area (Å²) in [4.78, 5) is 4.37. The van der Waals surface area contributed by atoms with Gasteiger partial charge in [-0.1, -0.05) is 20.3 Å². The lowest BCUT2D eigenvalue weighted by Gasteiger charge is -2.28. The fourth-order valence-electron chi connectivity index (χ4n) is 2.51. The second kappa shape index (κ2) is 3.96. The molecule has 1 fully saturated rings. The van der Waals surface area contributed by atoms with Crippen LogP contribution in [0.5, 0.6) is 0 Å². The van der Waals surface area contributed by atoms with Crippen molar-refractivity contribution in [2.75, 3.05) is 11.1 Å². The van der Waals surface area contributed by atoms with E-state index < -0.39 is 0 Å². The second-order valence-corrected chi connectivity index (χ2v) is 5.51. The molecule has 0 radical (unpaired) electrons. The Morgan fingerprint density at radius 2 is 2.25 bits per heavy atom. The number of hydrogen-bond donors (Lipinski definition) is 2. The molecule has 1 heterocycles. The van der Waals surface area contributed by atoms with Crippen LogP contribution in [0.25, 0.3) is 0 Å². The molecule has 0 amide bonds. The zero-order valence-electron chi connectivity index (χ0n) is 10.4. The van der Waals surface area contributed by atoms with Crippen LogP contribution in [0.1, 0.15) is 38.7 Å². The molecule has 3 N–H and O–H groups in total. The summed E-state index contributed by atoms with van der Waals surface area (Å²) in [5, 5.41) is 3.56. The van der Waals surface area contributed by atoms with Gasteiger partial charge in [0.05, 0.1) is 11.9 Å². The number of aromatic nitrogens is 1. The molecule has 0 bridgehead atoms. The van der Waals surface area contributed by atoms with Gasteiger partial charge in [0.25, 0.3) is 0 Å². The van der Waals surface area contributed by atoms with Crippen LogP contribution in [0, 0.1) is 12.3 Å². The highest BCUT2D eigenvalue weighted by atomic mass is 15.0. The summed E-state index contributed by atoms with van der Waals surface area (Å²) in [6.45, 7) is 6.70. The quantitative estimate of drug-likeness (QED) is 0.804. The molecule has 3 heteroatoms. The van der Waals surface area contributed by atoms with Gasteiger partial charge in [-0.3, -0.25) is 0 Å². The molecule has 88 valence electrons. The highest BCUT2D eigenvalue weighted by molar-refractivity contribution is 5.51. The third-order valence-corrected chi connectivity index (χ3v) is 3.67. The molecule has 0 spiro atoms. The van der Waals surface area contributed by atoms with E-state index in [9.17, 15) is 0 Å². The van der Waals surface area contributed by atoms with Gasteiger partial charge in [-0.15, -0.1) is 0 Å². The Labute approximate surface area is 97.5 Å². The van der Waals surface area contributed by atoms with Crippen LogP contribution in [-0.4, -0.2) is 11.0 Å². The second-order valence-electron chi connectivity index (χ2n) is 5.51. The Hall–Kier alpha value is -1.25. The molecule has 0 aliphatic heterocycles. The average molecular weight is 219 g/mol. The number of pyridine rings is 1. The monoisotopic (exact) mass is 219 g/mol. The van der Waals surface area contributed by atoms with E-state index in [1.807, 2.05) is 13.0 Å². The van der Waals surface area contributed by atoms with Gasteiger partial charge in [-0.25, -0.2) is 4.98 Å². The largest absolute Gasteiger partial charge is 0.397 e. The number of hydrogen-bond acceptors (Lipinski definition) is 3. The van der Waals surface area contributed by atoms with Gasteiger partial charge >= 0.3 is 0 Å². The number of nitrogen functional groups attached to an aromatic ring is 1. The van der Waals surface area contributed by atoms with Crippen molar-refractivity contribution in [3.05, 3.63) is 17.8 Å². The molecule has 1 aromatic rings. The first-order chi connectivity index (χ1) is 7.49. The Balaban J connectivity index is 2.15. The highest BCUT2D eigenvalue weighted by Crippen LogP contribution is 2.39. The van der Waals surface area contributed by atoms with Crippen molar-refractivity contribution < 1.29 is 0 Å². The number of rotatable bonds is 2. The first-order valence-electron chi connectivity index (χ1n) is 5.98. The van der Waals surface area contributed by atoms with Gasteiger partial charge in [0.2, 0.25) is 0 Å². The van der Waals surface area contributed by atoms with Crippen LogP contribution in [0.4, 0.5) is 11.5 Å². The topological polar surface area (TPSA) is 50.9 Å². The fourth-order valence-corrected chi connectivity index (χ4v) is 2.51. The normalized spacial score (nSPS) is 23.3. The molecular formula is C13H21N3. The number of nitrogens with zero attached hydrogens (tertiary/aromatic N) is 1. The van der Waals surface area contributed by atoms with Crippen LogP contribution in [-0.2, 0) is 0 Å². The molecule has 1 atom stereocenters. The van der Waals surface area contributed by atoms with Crippen molar-refractivity contribution in [1.82, 2.24) is 4.98 Å². The van der Waals surface area contributed by atoms with E-state index in [-0.39, 0.29) is 0 Å². The molecule has 2 rings (SSSR count). The van der Waals surface area contributed by atoms with E-state index >= 15 is 0 Å². The number of nitrogens with two attached hydrogens (primary N) is 1. The Morgan fingerprint density at radius 3 is 2.81 bits per heavy atom. The lowest BCUT2D eigenvalue weighted by Crippen LogP contribution is -2.31. The van der Waals surface area contributed by atoms with E-state index in [4.69, 9.17) is 5.73 Å². The smallest absolute Gasteiger partial charge is 0.129 e. The third kappa shape index (κ3) is 2.13. The predicted molar refractivity (Wildman–Crippen MR) is 68.4 cm³/mol. The van der Waals surface area contributed by atoms with Gasteiger partial charge in [0.1, 0.15) is 5.82 Å². The van der Waals surface area contributed by atoms with Crippen molar-refractivity contribution in [2.24, 2.45) is 5.41 Å². The van der Waals surface area contributed by atoms with Crippen molar-refractivity contribution >= 4 is 11.5 Å². The minimum Gasteiger partial charge on any atom is -0.397 e. The predicted octanol–water partition coefficient (Wildman–Crippen LogP) is 2.96. The van der Waals surface area contributed by atoms with Gasteiger partial charge in [0.15, 0.2) is 0 Å². The van der Waals surface area contributed by atoms with Gasteiger partial charge in [-0.2, -0.15) is 0 Å². The molecule has 1 aliphatic rings. The van der Waals surface area contributed by atoms with Crippen LogP contribution in [0.15, 0.2) is 12.3 Å². The molecule has 16 heavy (non-hydrogen) atoms. The van der Waals surface area contributed by atoms with E-state index in [1.54, 1.807) is 6.20 Å². The Kier molecular flexibility index (Phi) is 2.78. The number of anilines is 2. The van der Waals surface area contributed by atoms with Gasteiger partial charge in [-0.05, 0) is 36.8 Å². The molecule has 0 saturated heterocycles. The molecular weight excluding hydrogens is 198 g/mol. The summed E-state index contributed by atoms with van der Waals surface area (Å²) in [5.41, 5.74) is 7.93. The maximum atomic E-state index is 5.70. The molecule has 1 aliphatic carbocycles. The molecule has 1 saturated carbocycles. The van der Waals surface area contributed by atoms with E-state index in [2.05, 4.69) is 24.1 Å². The first kappa shape index (κ1) is 11.2. The molecule has 1 unspecified atom stereocenters. The molecule has 3 nitrogen and oxygen atoms in total. The first-order valence-corrected chi connectivity index (χ1v) is 5.98. The maximum absolute atomic E-state index is 5.70. The Bertz CT molecular complexity index is 385. The lowest BCUT2D eigenvalue weighted by atomic mass is 9.87. The van der Waals surface area contributed by atoms with E-state index in [0.29, 0.717) is 11.5 Å². The van der Waals surface area contributed by atoms with Crippen molar-refractivity contribution in [2.45, 2.75) is 46.1 Å². The minimum absolute atomic E-state index is 0.371. The van der Waals surface area contributed by atoms with Crippen LogP contribution in [0.2, 0.25) is 0 Å². The number of aryl methyl sites for hydroxylation is 1. The summed E-state index contributed by atoms with van der Waals surface area (Å²) >= 11 is 0. The highest BCUT2D eigenvalue weighted by Gasteiger charge is 2.34. The lowest BCUT2D eigenvalue weighted by molar-refractivity contribution is 0.349. The zero-order valence-corrected chi connectivity index (χ0v) is 10.4. The summed E-state index contributed by atoms with van der Waals surface area (Å²) in [5.74, 6) is 0.981. The van der Waals surface area contributed by atoms with Crippen LogP contribution < -0.4 is 11.1 Å². The fraction of sp³-hybridized carbons (Fsp3) is 0.615. The third-order valence-electron chi connectivity index (χ3n) is 3.67. The standard InChI is InChI=1S/C13H21N3/c1-9-7-10(14)8-15-12(9)16-11-5-4-6-13(11,2)3/h7-8,11H,4-6,14H2,1-3H3,(H,15,16). The average Bonchev–Trinajstić information content (AvgIpc) is 2.50. The van der Waals surface area contributed by atoms with Crippen LogP contribution >= 0.6 is 0 Å². The van der Waals surface area contributed by atoms with Crippen molar-refractivity contribution in [3.63, 3.8) is 0 Å². The van der Waals surface area contributed by atoms with Gasteiger partial charge in [0, 0.05) is 6.04 Å².